The quantitative estimate of drug-likeness (QED) is 0.0442. The van der Waals surface area contributed by atoms with Crippen molar-refractivity contribution in [2.45, 2.75) is 124 Å². The van der Waals surface area contributed by atoms with Gasteiger partial charge in [0.2, 0.25) is 23.6 Å². The summed E-state index contributed by atoms with van der Waals surface area (Å²) < 4.78 is 5.71. The zero-order valence-corrected chi connectivity index (χ0v) is 36.3. The fourth-order valence-corrected chi connectivity index (χ4v) is 7.24. The summed E-state index contributed by atoms with van der Waals surface area (Å²) in [6, 6.07) is 6.92. The van der Waals surface area contributed by atoms with Gasteiger partial charge in [0.05, 0.1) is 6.54 Å². The van der Waals surface area contributed by atoms with Crippen LogP contribution in [0.1, 0.15) is 126 Å². The largest absolute Gasteiger partial charge is 0.455 e. The van der Waals surface area contributed by atoms with Crippen molar-refractivity contribution in [2.75, 3.05) is 32.5 Å². The number of carbonyl (C=O) groups excluding carboxylic acids is 7. The summed E-state index contributed by atoms with van der Waals surface area (Å²) >= 11 is 1.25. The Morgan fingerprint density at radius 2 is 1.62 bits per heavy atom. The van der Waals surface area contributed by atoms with Gasteiger partial charge in [0.25, 0.3) is 5.91 Å². The lowest BCUT2D eigenvalue weighted by Crippen LogP contribution is -2.41. The molecule has 0 spiro atoms. The highest BCUT2D eigenvalue weighted by Crippen LogP contribution is 2.31. The lowest BCUT2D eigenvalue weighted by Gasteiger charge is -2.33. The molecule has 3 atom stereocenters. The predicted molar refractivity (Wildman–Crippen MR) is 226 cm³/mol. The molecule has 0 saturated carbocycles. The molecule has 0 radical (unpaired) electrons. The van der Waals surface area contributed by atoms with Crippen LogP contribution in [0.3, 0.4) is 0 Å². The van der Waals surface area contributed by atoms with Crippen LogP contribution in [0.2, 0.25) is 0 Å². The molecule has 1 aromatic carbocycles. The number of ether oxygens (including phenoxy) is 1. The lowest BCUT2D eigenvalue weighted by molar-refractivity contribution is -0.148. The van der Waals surface area contributed by atoms with Crippen LogP contribution < -0.4 is 16.0 Å². The molecule has 0 fully saturated rings. The smallest absolute Gasteiger partial charge is 0.303 e. The number of hydrogen-bond acceptors (Lipinski definition) is 10. The number of nitrogens with one attached hydrogen (secondary N) is 3. The maximum Gasteiger partial charge on any atom is 0.303 e. The molecular formula is C43H64N6O8S. The molecular weight excluding hydrogens is 761 g/mol. The highest BCUT2D eigenvalue weighted by atomic mass is 32.1. The number of allylic oxidation sites excluding steroid dienone is 1. The van der Waals surface area contributed by atoms with E-state index in [1.807, 2.05) is 32.9 Å². The topological polar surface area (TPSA) is 184 Å². The standard InChI is InChI=1S/C43H64N6O8S/c1-9-10-16-41(55)49(8)36(30(4)5)26-37(57-31(6)51)43-47-35(28-58-43)42(56)46-34(24-29(2)3)25-32-18-20-33(21-19-32)45-39(53)27-44-38(52)15-12-11-13-22-48(7)40(54)17-14-23-50/h14,17-21,23,28-30,34,36-37H,9-13,15-16,22,24-27H2,1-8H3,(H,44,52)(H,45,53)(H,46,56)/b17-14-. The first kappa shape index (κ1) is 49.2. The van der Waals surface area contributed by atoms with Crippen molar-refractivity contribution in [3.63, 3.8) is 0 Å². The number of thiazole rings is 1. The van der Waals surface area contributed by atoms with Gasteiger partial charge in [-0.25, -0.2) is 4.98 Å². The van der Waals surface area contributed by atoms with E-state index in [9.17, 15) is 33.6 Å². The Hall–Kier alpha value is -4.92. The van der Waals surface area contributed by atoms with Gasteiger partial charge in [-0.15, -0.1) is 11.3 Å². The maximum atomic E-state index is 13.5. The second kappa shape index (κ2) is 26.2. The van der Waals surface area contributed by atoms with Gasteiger partial charge in [0.1, 0.15) is 17.0 Å². The molecule has 0 bridgehead atoms. The van der Waals surface area contributed by atoms with Crippen molar-refractivity contribution in [3.05, 3.63) is 58.1 Å². The summed E-state index contributed by atoms with van der Waals surface area (Å²) in [5.41, 5.74) is 1.76. The number of benzene rings is 1. The first-order valence-electron chi connectivity index (χ1n) is 20.3. The first-order valence-corrected chi connectivity index (χ1v) is 21.1. The minimum atomic E-state index is -0.715. The van der Waals surface area contributed by atoms with E-state index in [1.54, 1.807) is 36.5 Å². The molecule has 2 rings (SSSR count). The average molecular weight is 825 g/mol. The Morgan fingerprint density at radius 1 is 0.914 bits per heavy atom. The van der Waals surface area contributed by atoms with Crippen LogP contribution in [0, 0.1) is 11.8 Å². The van der Waals surface area contributed by atoms with E-state index < -0.39 is 12.1 Å². The number of amides is 5. The number of nitrogens with zero attached hydrogens (tertiary/aromatic N) is 3. The summed E-state index contributed by atoms with van der Waals surface area (Å²) in [7, 11) is 3.44. The van der Waals surface area contributed by atoms with Crippen LogP contribution in [0.5, 0.6) is 0 Å². The van der Waals surface area contributed by atoms with Crippen LogP contribution >= 0.6 is 11.3 Å². The van der Waals surface area contributed by atoms with Crippen LogP contribution in [-0.2, 0) is 39.9 Å². The highest BCUT2D eigenvalue weighted by molar-refractivity contribution is 7.09. The van der Waals surface area contributed by atoms with Gasteiger partial charge < -0.3 is 30.5 Å². The molecule has 0 saturated heterocycles. The summed E-state index contributed by atoms with van der Waals surface area (Å²) in [6.45, 7) is 11.9. The SMILES string of the molecule is CCCCC(=O)N(C)C(CC(OC(C)=O)c1nc(C(=O)NC(Cc2ccc(NC(=O)CNC(=O)CCCCCN(C)C(=O)/C=C\C=O)cc2)CC(C)C)cs1)C(C)C. The number of likely N-dealkylation sites (N-methyl/N-ethyl adjacent to an activating group) is 1. The van der Waals surface area contributed by atoms with Crippen molar-refractivity contribution >= 4 is 58.8 Å². The van der Waals surface area contributed by atoms with Gasteiger partial charge >= 0.3 is 5.97 Å². The number of aldehydes is 1. The van der Waals surface area contributed by atoms with E-state index in [-0.39, 0.29) is 66.2 Å². The lowest BCUT2D eigenvalue weighted by atomic mass is 9.96. The Bertz CT molecular complexity index is 1670. The zero-order chi connectivity index (χ0) is 43.2. The Kier molecular flexibility index (Phi) is 22.2. The van der Waals surface area contributed by atoms with Gasteiger partial charge in [-0.3, -0.25) is 33.6 Å². The van der Waals surface area contributed by atoms with Crippen LogP contribution in [-0.4, -0.2) is 95.8 Å². The van der Waals surface area contributed by atoms with Gasteiger partial charge in [-0.2, -0.15) is 0 Å². The minimum absolute atomic E-state index is 0.0431. The van der Waals surface area contributed by atoms with Crippen LogP contribution in [0.25, 0.3) is 0 Å². The fraction of sp³-hybridized carbons (Fsp3) is 0.581. The van der Waals surface area contributed by atoms with Crippen LogP contribution in [0.15, 0.2) is 41.8 Å². The van der Waals surface area contributed by atoms with Gasteiger partial charge in [0, 0.05) is 76.1 Å². The normalized spacial score (nSPS) is 12.8. The molecule has 0 aliphatic rings. The molecule has 3 unspecified atom stereocenters. The molecule has 0 aliphatic heterocycles. The van der Waals surface area contributed by atoms with Gasteiger partial charge in [-0.05, 0) is 67.7 Å². The maximum absolute atomic E-state index is 13.5. The van der Waals surface area contributed by atoms with Gasteiger partial charge in [-0.1, -0.05) is 59.6 Å². The molecule has 3 N–H and O–H groups in total. The molecule has 5 amide bonds. The van der Waals surface area contributed by atoms with E-state index in [2.05, 4.69) is 34.8 Å². The second-order valence-electron chi connectivity index (χ2n) is 15.4. The number of unbranched alkanes of at least 4 members (excludes halogenated alkanes) is 3. The monoisotopic (exact) mass is 824 g/mol. The third-order valence-electron chi connectivity index (χ3n) is 9.55. The van der Waals surface area contributed by atoms with Crippen LogP contribution in [0.4, 0.5) is 5.69 Å². The molecule has 14 nitrogen and oxygen atoms in total. The summed E-state index contributed by atoms with van der Waals surface area (Å²) in [6.07, 6.45) is 8.29. The van der Waals surface area contributed by atoms with E-state index in [0.717, 1.165) is 30.9 Å². The molecule has 1 heterocycles. The van der Waals surface area contributed by atoms with Gasteiger partial charge in [0.15, 0.2) is 6.10 Å². The molecule has 1 aromatic heterocycles. The van der Waals surface area contributed by atoms with Crippen molar-refractivity contribution in [1.29, 1.82) is 0 Å². The number of anilines is 1. The third-order valence-corrected chi connectivity index (χ3v) is 10.5. The number of aromatic nitrogens is 1. The molecule has 15 heteroatoms. The van der Waals surface area contributed by atoms with E-state index in [4.69, 9.17) is 4.74 Å². The number of rotatable bonds is 26. The van der Waals surface area contributed by atoms with Crippen molar-refractivity contribution in [3.8, 4) is 0 Å². The minimum Gasteiger partial charge on any atom is -0.455 e. The highest BCUT2D eigenvalue weighted by Gasteiger charge is 2.31. The summed E-state index contributed by atoms with van der Waals surface area (Å²) in [4.78, 5) is 93.4. The molecule has 0 aliphatic carbocycles. The van der Waals surface area contributed by atoms with Crippen molar-refractivity contribution in [1.82, 2.24) is 25.4 Å². The number of carbonyl (C=O) groups is 7. The van der Waals surface area contributed by atoms with Crippen molar-refractivity contribution < 1.29 is 38.3 Å². The van der Waals surface area contributed by atoms with E-state index >= 15 is 0 Å². The number of esters is 1. The van der Waals surface area contributed by atoms with E-state index in [1.165, 1.54) is 29.2 Å². The summed E-state index contributed by atoms with van der Waals surface area (Å²) in [5, 5.41) is 10.7. The number of hydrogen-bond donors (Lipinski definition) is 3. The summed E-state index contributed by atoms with van der Waals surface area (Å²) in [5.74, 6) is -1.23. The third kappa shape index (κ3) is 18.6. The molecule has 2 aromatic rings. The average Bonchev–Trinajstić information content (AvgIpc) is 3.67. The predicted octanol–water partition coefficient (Wildman–Crippen LogP) is 6.03. The molecule has 58 heavy (non-hydrogen) atoms. The Morgan fingerprint density at radius 3 is 2.24 bits per heavy atom. The Labute approximate surface area is 347 Å². The van der Waals surface area contributed by atoms with Crippen molar-refractivity contribution in [2.24, 2.45) is 11.8 Å². The Balaban J connectivity index is 1.95. The molecule has 320 valence electrons. The fourth-order valence-electron chi connectivity index (χ4n) is 6.40. The zero-order valence-electron chi connectivity index (χ0n) is 35.5. The first-order chi connectivity index (χ1) is 27.5. The second-order valence-corrected chi connectivity index (χ2v) is 16.3. The van der Waals surface area contributed by atoms with E-state index in [0.29, 0.717) is 68.0 Å².